The van der Waals surface area contributed by atoms with E-state index in [0.717, 1.165) is 23.2 Å². The van der Waals surface area contributed by atoms with Crippen LogP contribution in [0.5, 0.6) is 0 Å². The fourth-order valence-corrected chi connectivity index (χ4v) is 2.34. The quantitative estimate of drug-likeness (QED) is 0.909. The summed E-state index contributed by atoms with van der Waals surface area (Å²) < 4.78 is 5.74. The standard InChI is InChI=1S/C14H18N4O2/c1-8(2)13-17-11-7-18(5-4-12(11)20-13)14(19)10-6-15-9(3)16-10/h6,8H,4-5,7H2,1-3H3,(H,15,16). The molecule has 0 aliphatic carbocycles. The third kappa shape index (κ3) is 2.21. The van der Waals surface area contributed by atoms with Gasteiger partial charge in [0.25, 0.3) is 5.91 Å². The van der Waals surface area contributed by atoms with E-state index in [1.54, 1.807) is 11.1 Å². The molecule has 3 heterocycles. The number of carbonyl (C=O) groups is 1. The number of amides is 1. The number of rotatable bonds is 2. The highest BCUT2D eigenvalue weighted by Crippen LogP contribution is 2.24. The van der Waals surface area contributed by atoms with Gasteiger partial charge in [-0.3, -0.25) is 4.79 Å². The Labute approximate surface area is 117 Å². The Morgan fingerprint density at radius 2 is 2.30 bits per heavy atom. The fraction of sp³-hybridized carbons (Fsp3) is 0.500. The number of nitrogens with zero attached hydrogens (tertiary/aromatic N) is 3. The molecule has 2 aromatic heterocycles. The normalized spacial score (nSPS) is 14.7. The minimum absolute atomic E-state index is 0.0367. The number of fused-ring (bicyclic) bond motifs is 1. The molecule has 0 radical (unpaired) electrons. The van der Waals surface area contributed by atoms with Gasteiger partial charge in [-0.25, -0.2) is 9.97 Å². The van der Waals surface area contributed by atoms with Gasteiger partial charge in [0.1, 0.15) is 23.0 Å². The van der Waals surface area contributed by atoms with Crippen molar-refractivity contribution >= 4 is 5.91 Å². The summed E-state index contributed by atoms with van der Waals surface area (Å²) in [5.41, 5.74) is 1.41. The lowest BCUT2D eigenvalue weighted by atomic mass is 10.1. The number of H-pyrrole nitrogens is 1. The van der Waals surface area contributed by atoms with Crippen LogP contribution >= 0.6 is 0 Å². The highest BCUT2D eigenvalue weighted by Gasteiger charge is 2.27. The molecule has 0 atom stereocenters. The molecule has 3 rings (SSSR count). The van der Waals surface area contributed by atoms with E-state index in [0.29, 0.717) is 25.2 Å². The van der Waals surface area contributed by atoms with E-state index in [2.05, 4.69) is 15.0 Å². The molecule has 0 unspecified atom stereocenters. The van der Waals surface area contributed by atoms with Crippen LogP contribution in [0.4, 0.5) is 0 Å². The third-order valence-corrected chi connectivity index (χ3v) is 3.46. The van der Waals surface area contributed by atoms with Crippen molar-refractivity contribution in [1.82, 2.24) is 19.9 Å². The first kappa shape index (κ1) is 12.9. The molecule has 1 N–H and O–H groups in total. The predicted molar refractivity (Wildman–Crippen MR) is 72.4 cm³/mol. The summed E-state index contributed by atoms with van der Waals surface area (Å²) in [5, 5.41) is 0. The second-order valence-electron chi connectivity index (χ2n) is 5.44. The van der Waals surface area contributed by atoms with E-state index in [9.17, 15) is 4.79 Å². The average Bonchev–Trinajstić information content (AvgIpc) is 3.02. The molecule has 1 aliphatic rings. The van der Waals surface area contributed by atoms with Crippen molar-refractivity contribution in [3.63, 3.8) is 0 Å². The molecule has 0 saturated carbocycles. The van der Waals surface area contributed by atoms with Gasteiger partial charge in [-0.2, -0.15) is 0 Å². The van der Waals surface area contributed by atoms with Gasteiger partial charge in [0.05, 0.1) is 12.7 Å². The summed E-state index contributed by atoms with van der Waals surface area (Å²) in [6, 6.07) is 0. The smallest absolute Gasteiger partial charge is 0.272 e. The SMILES string of the molecule is Cc1ncc(C(=O)N2CCc3oc(C(C)C)nc3C2)[nH]1. The van der Waals surface area contributed by atoms with E-state index >= 15 is 0 Å². The van der Waals surface area contributed by atoms with Gasteiger partial charge in [-0.1, -0.05) is 13.8 Å². The van der Waals surface area contributed by atoms with Crippen molar-refractivity contribution in [3.05, 3.63) is 35.1 Å². The zero-order chi connectivity index (χ0) is 14.3. The van der Waals surface area contributed by atoms with Crippen molar-refractivity contribution in [2.75, 3.05) is 6.54 Å². The van der Waals surface area contributed by atoms with E-state index < -0.39 is 0 Å². The summed E-state index contributed by atoms with van der Waals surface area (Å²) in [6.07, 6.45) is 2.30. The minimum atomic E-state index is -0.0367. The van der Waals surface area contributed by atoms with Crippen LogP contribution in [0, 0.1) is 6.92 Å². The van der Waals surface area contributed by atoms with Crippen LogP contribution in [0.3, 0.4) is 0 Å². The van der Waals surface area contributed by atoms with Gasteiger partial charge in [0.15, 0.2) is 5.89 Å². The molecule has 6 heteroatoms. The van der Waals surface area contributed by atoms with Crippen LogP contribution in [0.2, 0.25) is 0 Å². The van der Waals surface area contributed by atoms with E-state index in [1.165, 1.54) is 0 Å². The van der Waals surface area contributed by atoms with Crippen LogP contribution in [0.1, 0.15) is 53.4 Å². The van der Waals surface area contributed by atoms with Gasteiger partial charge in [-0.05, 0) is 6.92 Å². The molecule has 0 bridgehead atoms. The predicted octanol–water partition coefficient (Wildman–Crippen LogP) is 2.03. The number of aromatic amines is 1. The topological polar surface area (TPSA) is 75.0 Å². The number of imidazole rings is 1. The van der Waals surface area contributed by atoms with Gasteiger partial charge < -0.3 is 14.3 Å². The van der Waals surface area contributed by atoms with Crippen LogP contribution < -0.4 is 0 Å². The molecule has 106 valence electrons. The van der Waals surface area contributed by atoms with Gasteiger partial charge in [0, 0.05) is 18.9 Å². The van der Waals surface area contributed by atoms with E-state index in [-0.39, 0.29) is 11.8 Å². The molecule has 2 aromatic rings. The molecule has 1 aliphatic heterocycles. The van der Waals surface area contributed by atoms with Gasteiger partial charge >= 0.3 is 0 Å². The highest BCUT2D eigenvalue weighted by atomic mass is 16.4. The molecule has 6 nitrogen and oxygen atoms in total. The summed E-state index contributed by atoms with van der Waals surface area (Å²) in [6.45, 7) is 7.08. The zero-order valence-electron chi connectivity index (χ0n) is 11.9. The first-order valence-corrected chi connectivity index (χ1v) is 6.84. The largest absolute Gasteiger partial charge is 0.445 e. The van der Waals surface area contributed by atoms with Crippen molar-refractivity contribution in [2.24, 2.45) is 0 Å². The summed E-state index contributed by atoms with van der Waals surface area (Å²) in [5.74, 6) is 2.64. The minimum Gasteiger partial charge on any atom is -0.445 e. The first-order chi connectivity index (χ1) is 9.54. The number of carbonyl (C=O) groups excluding carboxylic acids is 1. The maximum Gasteiger partial charge on any atom is 0.272 e. The zero-order valence-corrected chi connectivity index (χ0v) is 11.9. The van der Waals surface area contributed by atoms with Gasteiger partial charge in [-0.15, -0.1) is 0 Å². The Morgan fingerprint density at radius 3 is 2.95 bits per heavy atom. The van der Waals surface area contributed by atoms with Crippen LogP contribution in [0.25, 0.3) is 0 Å². The number of aryl methyl sites for hydroxylation is 1. The molecule has 20 heavy (non-hydrogen) atoms. The first-order valence-electron chi connectivity index (χ1n) is 6.84. The molecule has 0 aromatic carbocycles. The molecule has 0 saturated heterocycles. The number of hydrogen-bond acceptors (Lipinski definition) is 4. The molecule has 0 spiro atoms. The summed E-state index contributed by atoms with van der Waals surface area (Å²) in [7, 11) is 0. The van der Waals surface area contributed by atoms with Crippen molar-refractivity contribution in [1.29, 1.82) is 0 Å². The van der Waals surface area contributed by atoms with Crippen LogP contribution in [-0.2, 0) is 13.0 Å². The second-order valence-corrected chi connectivity index (χ2v) is 5.44. The van der Waals surface area contributed by atoms with Crippen molar-refractivity contribution < 1.29 is 9.21 Å². The molecular formula is C14H18N4O2. The van der Waals surface area contributed by atoms with Gasteiger partial charge in [0.2, 0.25) is 0 Å². The lowest BCUT2D eigenvalue weighted by molar-refractivity contribution is 0.0722. The second kappa shape index (κ2) is 4.77. The Hall–Kier alpha value is -2.11. The number of nitrogens with one attached hydrogen (secondary N) is 1. The lowest BCUT2D eigenvalue weighted by Gasteiger charge is -2.24. The number of aromatic nitrogens is 3. The van der Waals surface area contributed by atoms with Crippen molar-refractivity contribution in [2.45, 2.75) is 39.7 Å². The monoisotopic (exact) mass is 274 g/mol. The maximum atomic E-state index is 12.4. The number of hydrogen-bond donors (Lipinski definition) is 1. The Morgan fingerprint density at radius 1 is 1.50 bits per heavy atom. The third-order valence-electron chi connectivity index (χ3n) is 3.46. The summed E-state index contributed by atoms with van der Waals surface area (Å²) >= 11 is 0. The summed E-state index contributed by atoms with van der Waals surface area (Å²) in [4.78, 5) is 25.7. The van der Waals surface area contributed by atoms with Crippen LogP contribution in [-0.4, -0.2) is 32.3 Å². The molecule has 1 amide bonds. The maximum absolute atomic E-state index is 12.4. The fourth-order valence-electron chi connectivity index (χ4n) is 2.34. The average molecular weight is 274 g/mol. The molecule has 0 fully saturated rings. The van der Waals surface area contributed by atoms with Crippen LogP contribution in [0.15, 0.2) is 10.6 Å². The highest BCUT2D eigenvalue weighted by molar-refractivity contribution is 5.92. The Kier molecular flexibility index (Phi) is 3.08. The van der Waals surface area contributed by atoms with Crippen molar-refractivity contribution in [3.8, 4) is 0 Å². The van der Waals surface area contributed by atoms with E-state index in [4.69, 9.17) is 4.42 Å². The lowest BCUT2D eigenvalue weighted by Crippen LogP contribution is -2.36. The Bertz CT molecular complexity index is 641. The molecular weight excluding hydrogens is 256 g/mol. The Balaban J connectivity index is 1.79. The van der Waals surface area contributed by atoms with E-state index in [1.807, 2.05) is 20.8 Å². The number of oxazole rings is 1.